The van der Waals surface area contributed by atoms with Crippen LogP contribution in [0.1, 0.15) is 41.3 Å². The Kier molecular flexibility index (Phi) is 7.39. The molecule has 0 saturated carbocycles. The quantitative estimate of drug-likeness (QED) is 0.490. The molecule has 0 bridgehead atoms. The minimum Gasteiger partial charge on any atom is -0.492 e. The Bertz CT molecular complexity index is 1580. The highest BCUT2D eigenvalue weighted by atomic mass is 35.5. The van der Waals surface area contributed by atoms with E-state index in [0.717, 1.165) is 24.5 Å². The van der Waals surface area contributed by atoms with Crippen molar-refractivity contribution in [1.29, 1.82) is 0 Å². The van der Waals surface area contributed by atoms with Gasteiger partial charge < -0.3 is 14.9 Å². The lowest BCUT2D eigenvalue weighted by molar-refractivity contribution is -0.138. The fourth-order valence-corrected chi connectivity index (χ4v) is 6.14. The van der Waals surface area contributed by atoms with Crippen LogP contribution in [0.3, 0.4) is 0 Å². The van der Waals surface area contributed by atoms with E-state index in [9.17, 15) is 23.1 Å². The molecule has 0 spiro atoms. The van der Waals surface area contributed by atoms with Crippen molar-refractivity contribution < 1.29 is 23.1 Å². The lowest BCUT2D eigenvalue weighted by Gasteiger charge is -2.36. The standard InChI is InChI=1S/C27H25ClF3N5O2S/c1-15(37)35(2)20-7-9-36(10-8-20)26-33-25(38)24(39-26)21(16-4-6-23-18(11-16)14-32-34-23)12-17-3-5-19(28)13-22(17)27(29,30)31/h3-6,11,13-14,20,38H,7-10,12H2,1-2H3. The number of nitrogens with zero attached hydrogens (tertiary/aromatic N) is 5. The topological polar surface area (TPSA) is 81.4 Å². The van der Waals surface area contributed by atoms with E-state index < -0.39 is 11.7 Å². The number of fused-ring (bicyclic) bond motifs is 1. The van der Waals surface area contributed by atoms with E-state index in [2.05, 4.69) is 15.2 Å². The number of amides is 1. The smallest absolute Gasteiger partial charge is 0.416 e. The number of piperidine rings is 1. The summed E-state index contributed by atoms with van der Waals surface area (Å²) in [5.41, 5.74) is 0.436. The molecule has 0 aliphatic carbocycles. The summed E-state index contributed by atoms with van der Waals surface area (Å²) in [4.78, 5) is 20.3. The first-order valence-corrected chi connectivity index (χ1v) is 13.5. The van der Waals surface area contributed by atoms with Crippen molar-refractivity contribution in [2.24, 2.45) is 10.2 Å². The number of aromatic nitrogens is 1. The van der Waals surface area contributed by atoms with Crippen molar-refractivity contribution >= 4 is 45.8 Å². The molecule has 0 unspecified atom stereocenters. The minimum atomic E-state index is -4.60. The van der Waals surface area contributed by atoms with Crippen molar-refractivity contribution in [3.63, 3.8) is 0 Å². The summed E-state index contributed by atoms with van der Waals surface area (Å²) in [7, 11) is 1.79. The number of carbonyl (C=O) groups excluding carboxylic acids is 1. The molecule has 1 saturated heterocycles. The van der Waals surface area contributed by atoms with E-state index in [-0.39, 0.29) is 34.8 Å². The molecule has 0 atom stereocenters. The molecule has 204 valence electrons. The molecule has 12 heteroatoms. The second-order valence-corrected chi connectivity index (χ2v) is 11.0. The predicted octanol–water partition coefficient (Wildman–Crippen LogP) is 4.38. The van der Waals surface area contributed by atoms with Crippen LogP contribution in [-0.4, -0.2) is 53.3 Å². The molecule has 2 aromatic carbocycles. The molecule has 1 fully saturated rings. The lowest BCUT2D eigenvalue weighted by atomic mass is 9.96. The molecule has 1 amide bonds. The number of rotatable bonds is 5. The number of alkyl halides is 3. The summed E-state index contributed by atoms with van der Waals surface area (Å²) in [5.74, 6) is -0.233. The zero-order valence-corrected chi connectivity index (χ0v) is 22.7. The maximum absolute atomic E-state index is 13.9. The Hall–Kier alpha value is -3.44. The van der Waals surface area contributed by atoms with Crippen molar-refractivity contribution in [1.82, 2.24) is 9.88 Å². The van der Waals surface area contributed by atoms with Crippen LogP contribution in [0.4, 0.5) is 18.3 Å². The Labute approximate surface area is 231 Å². The van der Waals surface area contributed by atoms with Gasteiger partial charge in [-0.05, 0) is 53.5 Å². The van der Waals surface area contributed by atoms with Crippen LogP contribution < -0.4 is 15.5 Å². The van der Waals surface area contributed by atoms with Gasteiger partial charge in [0.1, 0.15) is 0 Å². The Morgan fingerprint density at radius 1 is 1.21 bits per heavy atom. The Morgan fingerprint density at radius 2 is 1.95 bits per heavy atom. The number of hydrogen-bond donors (Lipinski definition) is 1. The number of thiazole rings is 1. The molecule has 5 rings (SSSR count). The first kappa shape index (κ1) is 27.1. The highest BCUT2D eigenvalue weighted by Gasteiger charge is 2.34. The van der Waals surface area contributed by atoms with E-state index in [1.165, 1.54) is 23.5 Å². The van der Waals surface area contributed by atoms with Gasteiger partial charge in [-0.25, -0.2) is 0 Å². The lowest BCUT2D eigenvalue weighted by Crippen LogP contribution is -2.45. The van der Waals surface area contributed by atoms with Crippen LogP contribution in [0.15, 0.2) is 46.6 Å². The van der Waals surface area contributed by atoms with Gasteiger partial charge in [-0.2, -0.15) is 28.4 Å². The highest BCUT2D eigenvalue weighted by molar-refractivity contribution is 7.17. The summed E-state index contributed by atoms with van der Waals surface area (Å²) in [6.07, 6.45) is -1.64. The Balaban J connectivity index is 1.55. The number of benzene rings is 2. The van der Waals surface area contributed by atoms with Crippen molar-refractivity contribution in [3.8, 4) is 5.88 Å². The summed E-state index contributed by atoms with van der Waals surface area (Å²) < 4.78 is 41.8. The normalized spacial score (nSPS) is 16.2. The monoisotopic (exact) mass is 575 g/mol. The van der Waals surface area contributed by atoms with Gasteiger partial charge in [-0.3, -0.25) is 4.79 Å². The van der Waals surface area contributed by atoms with E-state index >= 15 is 0 Å². The third kappa shape index (κ3) is 5.65. The average molecular weight is 576 g/mol. The first-order valence-electron chi connectivity index (χ1n) is 12.3. The van der Waals surface area contributed by atoms with Crippen LogP contribution in [0.2, 0.25) is 5.02 Å². The fourth-order valence-electron chi connectivity index (χ4n) is 4.90. The molecule has 3 heterocycles. The molecule has 2 aliphatic rings. The second-order valence-electron chi connectivity index (χ2n) is 9.57. The largest absolute Gasteiger partial charge is 0.492 e. The molecule has 0 radical (unpaired) electrons. The molecule has 3 aromatic rings. The number of anilines is 1. The van der Waals surface area contributed by atoms with Gasteiger partial charge >= 0.3 is 6.18 Å². The second kappa shape index (κ2) is 10.6. The first-order chi connectivity index (χ1) is 18.5. The van der Waals surface area contributed by atoms with Crippen LogP contribution in [0.25, 0.3) is 5.57 Å². The highest BCUT2D eigenvalue weighted by Crippen LogP contribution is 2.40. The van der Waals surface area contributed by atoms with Crippen molar-refractivity contribution in [2.45, 2.75) is 38.4 Å². The van der Waals surface area contributed by atoms with Gasteiger partial charge in [-0.1, -0.05) is 35.1 Å². The molecular formula is C27H25ClF3N5O2S. The third-order valence-corrected chi connectivity index (χ3v) is 8.53. The predicted molar refractivity (Wildman–Crippen MR) is 145 cm³/mol. The Morgan fingerprint density at radius 3 is 2.64 bits per heavy atom. The van der Waals surface area contributed by atoms with Crippen molar-refractivity contribution in [2.75, 3.05) is 25.0 Å². The van der Waals surface area contributed by atoms with Crippen LogP contribution in [0, 0.1) is 0 Å². The number of hydrogen-bond acceptors (Lipinski definition) is 7. The van der Waals surface area contributed by atoms with Gasteiger partial charge in [0.05, 0.1) is 22.0 Å². The maximum Gasteiger partial charge on any atom is 0.416 e. The SMILES string of the molecule is CC(=O)N(C)C1CCN(c2nc(O)c(C(Cc3ccc(Cl)cc3C(F)(F)F)=c3ccc4c(c3)C=NN=4)s2)CC1. The van der Waals surface area contributed by atoms with Gasteiger partial charge in [-0.15, -0.1) is 0 Å². The molecule has 39 heavy (non-hydrogen) atoms. The summed E-state index contributed by atoms with van der Waals surface area (Å²) in [5, 5.41) is 20.8. The van der Waals surface area contributed by atoms with E-state index in [1.54, 1.807) is 43.3 Å². The van der Waals surface area contributed by atoms with E-state index in [4.69, 9.17) is 11.6 Å². The molecule has 1 N–H and O–H groups in total. The number of aromatic hydroxyl groups is 1. The average Bonchev–Trinajstić information content (AvgIpc) is 3.53. The number of halogens is 4. The molecular weight excluding hydrogens is 551 g/mol. The van der Waals surface area contributed by atoms with Crippen molar-refractivity contribution in [3.05, 3.63) is 73.6 Å². The van der Waals surface area contributed by atoms with Crippen LogP contribution in [-0.2, 0) is 17.4 Å². The molecule has 7 nitrogen and oxygen atoms in total. The zero-order valence-electron chi connectivity index (χ0n) is 21.2. The fraction of sp³-hybridized carbons (Fsp3) is 0.333. The van der Waals surface area contributed by atoms with Gasteiger partial charge in [0.2, 0.25) is 11.8 Å². The van der Waals surface area contributed by atoms with Crippen LogP contribution >= 0.6 is 22.9 Å². The third-order valence-electron chi connectivity index (χ3n) is 7.13. The van der Waals surface area contributed by atoms with Gasteiger partial charge in [0.15, 0.2) is 5.13 Å². The minimum absolute atomic E-state index is 0.00879. The van der Waals surface area contributed by atoms with E-state index in [1.807, 2.05) is 4.90 Å². The summed E-state index contributed by atoms with van der Waals surface area (Å²) in [6, 6.07) is 9.15. The molecule has 2 aliphatic heterocycles. The van der Waals surface area contributed by atoms with Gasteiger partial charge in [0, 0.05) is 50.1 Å². The van der Waals surface area contributed by atoms with Crippen LogP contribution in [0.5, 0.6) is 5.88 Å². The zero-order chi connectivity index (χ0) is 27.9. The van der Waals surface area contributed by atoms with E-state index in [0.29, 0.717) is 39.2 Å². The molecule has 1 aromatic heterocycles. The summed E-state index contributed by atoms with van der Waals surface area (Å²) in [6.45, 7) is 2.81. The summed E-state index contributed by atoms with van der Waals surface area (Å²) >= 11 is 7.15. The number of carbonyl (C=O) groups is 1. The van der Waals surface area contributed by atoms with Gasteiger partial charge in [0.25, 0.3) is 0 Å². The maximum atomic E-state index is 13.9.